The fourth-order valence-electron chi connectivity index (χ4n) is 7.43. The number of ether oxygens (including phenoxy) is 1. The lowest BCUT2D eigenvalue weighted by molar-refractivity contribution is -0.147. The molecule has 3 amide bonds. The molecule has 3 aromatic rings. The molecular weight excluding hydrogens is 518 g/mol. The van der Waals surface area contributed by atoms with Crippen molar-refractivity contribution in [1.82, 2.24) is 10.2 Å². The quantitative estimate of drug-likeness (QED) is 0.374. The molecule has 3 N–H and O–H groups in total. The van der Waals surface area contributed by atoms with E-state index in [9.17, 15) is 19.5 Å². The van der Waals surface area contributed by atoms with Crippen LogP contribution in [0, 0.1) is 11.8 Å². The summed E-state index contributed by atoms with van der Waals surface area (Å²) in [5, 5.41) is 18.7. The molecule has 1 spiro atoms. The van der Waals surface area contributed by atoms with E-state index >= 15 is 0 Å². The van der Waals surface area contributed by atoms with Crippen LogP contribution in [0.5, 0.6) is 0 Å². The van der Waals surface area contributed by atoms with E-state index in [2.05, 4.69) is 10.6 Å². The van der Waals surface area contributed by atoms with Gasteiger partial charge in [-0.25, -0.2) is 0 Å². The van der Waals surface area contributed by atoms with Crippen molar-refractivity contribution < 1.29 is 24.2 Å². The van der Waals surface area contributed by atoms with Crippen LogP contribution in [-0.4, -0.2) is 64.2 Å². The average Bonchev–Trinajstić information content (AvgIpc) is 3.55. The second-order valence-corrected chi connectivity index (χ2v) is 11.8. The van der Waals surface area contributed by atoms with Gasteiger partial charge in [0.1, 0.15) is 11.6 Å². The standard InChI is InChI=1S/C33H37N3O5/c1-3-17-34-29(38)26-27-31(40)36(25(20-37)18-21-9-5-4-6-10-21)28(33(27)16-15-32(26,2)41-33)30(39)35-24-14-13-22-11-7-8-12-23(22)19-24/h4-14,19,25-28,37H,3,15-18,20H2,1-2H3,(H,34,38)(H,35,39)/t25-,26-,27+,28?,32+,33?/m1/s1. The fraction of sp³-hybridized carbons (Fsp3) is 0.424. The number of aliphatic hydroxyl groups excluding tert-OH is 1. The molecule has 8 nitrogen and oxygen atoms in total. The highest BCUT2D eigenvalue weighted by atomic mass is 16.5. The third-order valence-electron chi connectivity index (χ3n) is 9.23. The van der Waals surface area contributed by atoms with Gasteiger partial charge >= 0.3 is 0 Å². The van der Waals surface area contributed by atoms with Gasteiger partial charge < -0.3 is 25.4 Å². The van der Waals surface area contributed by atoms with Gasteiger partial charge in [0.15, 0.2) is 0 Å². The summed E-state index contributed by atoms with van der Waals surface area (Å²) in [6, 6.07) is 21.5. The van der Waals surface area contributed by atoms with Crippen molar-refractivity contribution >= 4 is 34.2 Å². The molecule has 0 aliphatic carbocycles. The van der Waals surface area contributed by atoms with E-state index in [-0.39, 0.29) is 24.3 Å². The summed E-state index contributed by atoms with van der Waals surface area (Å²) < 4.78 is 6.71. The summed E-state index contributed by atoms with van der Waals surface area (Å²) in [7, 11) is 0. The minimum absolute atomic E-state index is 0.214. The number of amides is 3. The van der Waals surface area contributed by atoms with E-state index in [4.69, 9.17) is 4.74 Å². The molecule has 0 saturated carbocycles. The van der Waals surface area contributed by atoms with Crippen LogP contribution in [-0.2, 0) is 25.5 Å². The highest BCUT2D eigenvalue weighted by molar-refractivity contribution is 6.04. The molecule has 3 fully saturated rings. The van der Waals surface area contributed by atoms with Crippen LogP contribution in [0.25, 0.3) is 10.8 Å². The Balaban J connectivity index is 1.40. The number of likely N-dealkylation sites (tertiary alicyclic amines) is 1. The summed E-state index contributed by atoms with van der Waals surface area (Å²) in [5.41, 5.74) is -0.456. The third-order valence-corrected chi connectivity index (χ3v) is 9.23. The first-order valence-corrected chi connectivity index (χ1v) is 14.6. The van der Waals surface area contributed by atoms with Crippen molar-refractivity contribution in [3.8, 4) is 0 Å². The summed E-state index contributed by atoms with van der Waals surface area (Å²) in [6.07, 6.45) is 2.19. The largest absolute Gasteiger partial charge is 0.394 e. The topological polar surface area (TPSA) is 108 Å². The zero-order valence-corrected chi connectivity index (χ0v) is 23.5. The molecule has 41 heavy (non-hydrogen) atoms. The number of benzene rings is 3. The second-order valence-electron chi connectivity index (χ2n) is 11.8. The van der Waals surface area contributed by atoms with Gasteiger partial charge in [0.05, 0.1) is 30.1 Å². The molecule has 8 heteroatoms. The number of nitrogens with zero attached hydrogens (tertiary/aromatic N) is 1. The molecule has 214 valence electrons. The molecule has 6 atom stereocenters. The van der Waals surface area contributed by atoms with Crippen LogP contribution in [0.4, 0.5) is 5.69 Å². The van der Waals surface area contributed by atoms with Gasteiger partial charge in [-0.15, -0.1) is 0 Å². The predicted molar refractivity (Wildman–Crippen MR) is 156 cm³/mol. The molecule has 3 aliphatic rings. The summed E-state index contributed by atoms with van der Waals surface area (Å²) in [5.74, 6) is -2.42. The lowest BCUT2D eigenvalue weighted by Crippen LogP contribution is -2.57. The summed E-state index contributed by atoms with van der Waals surface area (Å²) in [6.45, 7) is 4.04. The van der Waals surface area contributed by atoms with E-state index in [1.165, 1.54) is 4.90 Å². The summed E-state index contributed by atoms with van der Waals surface area (Å²) >= 11 is 0. The second kappa shape index (κ2) is 10.6. The average molecular weight is 556 g/mol. The SMILES string of the molecule is CCCNC(=O)[C@H]1[C@H]2C(=O)N([C@@H](CO)Cc3ccccc3)C(C(=O)Nc3ccc4ccccc4c3)C23CC[C@]1(C)O3. The Morgan fingerprint density at radius 1 is 1.02 bits per heavy atom. The monoisotopic (exact) mass is 555 g/mol. The molecule has 0 radical (unpaired) electrons. The van der Waals surface area contributed by atoms with Crippen LogP contribution in [0.2, 0.25) is 0 Å². The lowest BCUT2D eigenvalue weighted by Gasteiger charge is -2.37. The predicted octanol–water partition coefficient (Wildman–Crippen LogP) is 3.67. The van der Waals surface area contributed by atoms with Gasteiger partial charge in [0.2, 0.25) is 17.7 Å². The van der Waals surface area contributed by atoms with Crippen molar-refractivity contribution in [3.05, 3.63) is 78.4 Å². The molecule has 2 bridgehead atoms. The molecule has 3 aromatic carbocycles. The number of rotatable bonds is 9. The molecule has 0 aromatic heterocycles. The van der Waals surface area contributed by atoms with Crippen LogP contribution in [0.15, 0.2) is 72.8 Å². The number of carbonyl (C=O) groups excluding carboxylic acids is 3. The number of hydrogen-bond donors (Lipinski definition) is 3. The highest BCUT2D eigenvalue weighted by Gasteiger charge is 2.78. The first-order valence-electron chi connectivity index (χ1n) is 14.6. The van der Waals surface area contributed by atoms with E-state index < -0.39 is 35.1 Å². The molecular formula is C33H37N3O5. The minimum Gasteiger partial charge on any atom is -0.394 e. The third kappa shape index (κ3) is 4.50. The van der Waals surface area contributed by atoms with Gasteiger partial charge in [-0.3, -0.25) is 14.4 Å². The number of anilines is 1. The Morgan fingerprint density at radius 3 is 2.49 bits per heavy atom. The van der Waals surface area contributed by atoms with Gasteiger partial charge in [0, 0.05) is 12.2 Å². The fourth-order valence-corrected chi connectivity index (χ4v) is 7.43. The Morgan fingerprint density at radius 2 is 1.76 bits per heavy atom. The Bertz CT molecular complexity index is 1480. The normalized spacial score (nSPS) is 29.0. The van der Waals surface area contributed by atoms with E-state index in [1.807, 2.05) is 86.6 Å². The van der Waals surface area contributed by atoms with Crippen LogP contribution < -0.4 is 10.6 Å². The molecule has 3 heterocycles. The summed E-state index contributed by atoms with van der Waals surface area (Å²) in [4.78, 5) is 43.7. The van der Waals surface area contributed by atoms with Crippen LogP contribution >= 0.6 is 0 Å². The lowest BCUT2D eigenvalue weighted by atomic mass is 9.66. The van der Waals surface area contributed by atoms with Crippen LogP contribution in [0.1, 0.15) is 38.7 Å². The maximum Gasteiger partial charge on any atom is 0.250 e. The number of hydrogen-bond acceptors (Lipinski definition) is 5. The van der Waals surface area contributed by atoms with E-state index in [0.717, 1.165) is 22.8 Å². The number of nitrogens with one attached hydrogen (secondary N) is 2. The first-order chi connectivity index (χ1) is 19.8. The van der Waals surface area contributed by atoms with Crippen molar-refractivity contribution in [2.24, 2.45) is 11.8 Å². The Hall–Kier alpha value is -3.75. The molecule has 2 unspecified atom stereocenters. The van der Waals surface area contributed by atoms with Crippen molar-refractivity contribution in [2.75, 3.05) is 18.5 Å². The van der Waals surface area contributed by atoms with Gasteiger partial charge in [-0.1, -0.05) is 67.6 Å². The van der Waals surface area contributed by atoms with Gasteiger partial charge in [-0.05, 0) is 61.1 Å². The zero-order valence-electron chi connectivity index (χ0n) is 23.5. The van der Waals surface area contributed by atoms with E-state index in [0.29, 0.717) is 31.5 Å². The maximum absolute atomic E-state index is 14.4. The number of carbonyl (C=O) groups is 3. The molecule has 3 saturated heterocycles. The number of fused-ring (bicyclic) bond motifs is 2. The molecule has 6 rings (SSSR count). The first kappa shape index (κ1) is 27.4. The van der Waals surface area contributed by atoms with Gasteiger partial charge in [-0.2, -0.15) is 0 Å². The van der Waals surface area contributed by atoms with Crippen molar-refractivity contribution in [2.45, 2.75) is 62.8 Å². The Kier molecular flexibility index (Phi) is 7.08. The van der Waals surface area contributed by atoms with E-state index in [1.54, 1.807) is 0 Å². The Labute approximate surface area is 240 Å². The highest BCUT2D eigenvalue weighted by Crippen LogP contribution is 2.63. The maximum atomic E-state index is 14.4. The van der Waals surface area contributed by atoms with Gasteiger partial charge in [0.25, 0.3) is 0 Å². The molecule has 3 aliphatic heterocycles. The zero-order chi connectivity index (χ0) is 28.8. The van der Waals surface area contributed by atoms with Crippen molar-refractivity contribution in [1.29, 1.82) is 0 Å². The number of aliphatic hydroxyl groups is 1. The minimum atomic E-state index is -1.16. The van der Waals surface area contributed by atoms with Crippen LogP contribution in [0.3, 0.4) is 0 Å². The smallest absolute Gasteiger partial charge is 0.250 e. The van der Waals surface area contributed by atoms with Crippen molar-refractivity contribution in [3.63, 3.8) is 0 Å².